The van der Waals surface area contributed by atoms with Crippen LogP contribution in [-0.4, -0.2) is 24.3 Å². The average Bonchev–Trinajstić information content (AvgIpc) is 2.14. The molecule has 1 rings (SSSR count). The van der Waals surface area contributed by atoms with E-state index in [9.17, 15) is 0 Å². The maximum absolute atomic E-state index is 9.03. The Morgan fingerprint density at radius 2 is 2.00 bits per heavy atom. The molecule has 1 aliphatic carbocycles. The third-order valence-electron chi connectivity index (χ3n) is 4.32. The van der Waals surface area contributed by atoms with E-state index in [1.807, 2.05) is 0 Å². The van der Waals surface area contributed by atoms with Crippen molar-refractivity contribution in [1.29, 1.82) is 0 Å². The van der Waals surface area contributed by atoms with E-state index in [2.05, 4.69) is 39.9 Å². The molecule has 1 aliphatic rings. The first-order valence-electron chi connectivity index (χ1n) is 7.10. The van der Waals surface area contributed by atoms with Crippen LogP contribution in [0.4, 0.5) is 0 Å². The molecular formula is C15H31NO. The first kappa shape index (κ1) is 15.0. The van der Waals surface area contributed by atoms with Gasteiger partial charge in [-0.05, 0) is 42.4 Å². The molecule has 0 aromatic rings. The number of aliphatic hydroxyl groups excluding tert-OH is 1. The maximum atomic E-state index is 9.03. The third-order valence-corrected chi connectivity index (χ3v) is 4.32. The van der Waals surface area contributed by atoms with Crippen LogP contribution in [-0.2, 0) is 0 Å². The molecule has 0 aromatic heterocycles. The number of rotatable bonds is 5. The van der Waals surface area contributed by atoms with Crippen molar-refractivity contribution in [3.63, 3.8) is 0 Å². The third kappa shape index (κ3) is 4.97. The topological polar surface area (TPSA) is 32.3 Å². The highest BCUT2D eigenvalue weighted by atomic mass is 16.3. The van der Waals surface area contributed by atoms with Crippen molar-refractivity contribution < 1.29 is 5.11 Å². The summed E-state index contributed by atoms with van der Waals surface area (Å²) in [6.07, 6.45) is 4.83. The zero-order valence-electron chi connectivity index (χ0n) is 12.3. The molecule has 0 spiro atoms. The van der Waals surface area contributed by atoms with Gasteiger partial charge >= 0.3 is 0 Å². The second-order valence-corrected chi connectivity index (χ2v) is 7.51. The van der Waals surface area contributed by atoms with Crippen LogP contribution in [0.5, 0.6) is 0 Å². The predicted molar refractivity (Wildman–Crippen MR) is 74.1 cm³/mol. The van der Waals surface area contributed by atoms with Gasteiger partial charge in [0.05, 0.1) is 0 Å². The highest BCUT2D eigenvalue weighted by Crippen LogP contribution is 2.38. The van der Waals surface area contributed by atoms with E-state index < -0.39 is 0 Å². The lowest BCUT2D eigenvalue weighted by molar-refractivity contribution is 0.133. The van der Waals surface area contributed by atoms with E-state index in [4.69, 9.17) is 5.11 Å². The van der Waals surface area contributed by atoms with Crippen LogP contribution in [0.3, 0.4) is 0 Å². The van der Waals surface area contributed by atoms with Gasteiger partial charge in [0, 0.05) is 19.2 Å². The van der Waals surface area contributed by atoms with E-state index in [1.54, 1.807) is 0 Å². The Bertz CT molecular complexity index is 235. The van der Waals surface area contributed by atoms with E-state index in [-0.39, 0.29) is 5.41 Å². The molecule has 2 nitrogen and oxygen atoms in total. The van der Waals surface area contributed by atoms with Gasteiger partial charge in [0.2, 0.25) is 0 Å². The van der Waals surface area contributed by atoms with Gasteiger partial charge in [0.15, 0.2) is 0 Å². The van der Waals surface area contributed by atoms with E-state index >= 15 is 0 Å². The highest BCUT2D eigenvalue weighted by Gasteiger charge is 2.32. The Labute approximate surface area is 107 Å². The van der Waals surface area contributed by atoms with Gasteiger partial charge < -0.3 is 10.4 Å². The van der Waals surface area contributed by atoms with E-state index in [0.29, 0.717) is 18.1 Å². The molecule has 1 fully saturated rings. The van der Waals surface area contributed by atoms with Crippen molar-refractivity contribution in [3.05, 3.63) is 0 Å². The number of hydrogen-bond acceptors (Lipinski definition) is 2. The molecule has 2 unspecified atom stereocenters. The summed E-state index contributed by atoms with van der Waals surface area (Å²) in [4.78, 5) is 0. The second-order valence-electron chi connectivity index (χ2n) is 7.51. The molecule has 0 radical (unpaired) electrons. The molecule has 1 saturated carbocycles. The zero-order chi connectivity index (χ0) is 13.1. The van der Waals surface area contributed by atoms with Crippen molar-refractivity contribution >= 4 is 0 Å². The molecular weight excluding hydrogens is 210 g/mol. The fourth-order valence-corrected chi connectivity index (χ4v) is 3.05. The van der Waals surface area contributed by atoms with Gasteiger partial charge in [0.25, 0.3) is 0 Å². The van der Waals surface area contributed by atoms with Gasteiger partial charge in [-0.3, -0.25) is 0 Å². The minimum absolute atomic E-state index is 0.210. The van der Waals surface area contributed by atoms with Crippen LogP contribution >= 0.6 is 0 Å². The van der Waals surface area contributed by atoms with Gasteiger partial charge in [-0.2, -0.15) is 0 Å². The van der Waals surface area contributed by atoms with Crippen LogP contribution < -0.4 is 5.32 Å². The summed E-state index contributed by atoms with van der Waals surface area (Å²) in [6.45, 7) is 12.9. The van der Waals surface area contributed by atoms with Gasteiger partial charge in [0.1, 0.15) is 0 Å². The van der Waals surface area contributed by atoms with E-state index in [0.717, 1.165) is 18.9 Å². The smallest absolute Gasteiger partial charge is 0.0436 e. The zero-order valence-corrected chi connectivity index (χ0v) is 12.3. The largest absolute Gasteiger partial charge is 0.396 e. The summed E-state index contributed by atoms with van der Waals surface area (Å²) in [7, 11) is 0. The first-order chi connectivity index (χ1) is 7.76. The molecule has 0 bridgehead atoms. The quantitative estimate of drug-likeness (QED) is 0.775. The Morgan fingerprint density at radius 3 is 2.53 bits per heavy atom. The molecule has 102 valence electrons. The van der Waals surface area contributed by atoms with Gasteiger partial charge in [-0.25, -0.2) is 0 Å². The monoisotopic (exact) mass is 241 g/mol. The molecule has 0 heterocycles. The fraction of sp³-hybridized carbons (Fsp3) is 1.00. The normalized spacial score (nSPS) is 29.3. The Kier molecular flexibility index (Phi) is 5.03. The first-order valence-corrected chi connectivity index (χ1v) is 7.10. The predicted octanol–water partition coefficient (Wildman–Crippen LogP) is 3.20. The molecule has 17 heavy (non-hydrogen) atoms. The highest BCUT2D eigenvalue weighted by molar-refractivity contribution is 4.88. The summed E-state index contributed by atoms with van der Waals surface area (Å²) < 4.78 is 0. The Balaban J connectivity index is 2.38. The van der Waals surface area contributed by atoms with Crippen molar-refractivity contribution in [1.82, 2.24) is 5.32 Å². The number of hydrogen-bond donors (Lipinski definition) is 2. The standard InChI is InChI=1S/C15H31NO/c1-12-10-14(2,3)7-6-13(12)16-11-15(4,5)8-9-17/h12-13,16-17H,6-11H2,1-5H3. The maximum Gasteiger partial charge on any atom is 0.0436 e. The molecule has 0 amide bonds. The summed E-state index contributed by atoms with van der Waals surface area (Å²) in [5, 5.41) is 12.8. The lowest BCUT2D eigenvalue weighted by Crippen LogP contribution is -2.45. The van der Waals surface area contributed by atoms with Crippen LogP contribution in [0.1, 0.15) is 60.3 Å². The molecule has 2 N–H and O–H groups in total. The fourth-order valence-electron chi connectivity index (χ4n) is 3.05. The number of aliphatic hydroxyl groups is 1. The van der Waals surface area contributed by atoms with Crippen molar-refractivity contribution in [2.45, 2.75) is 66.3 Å². The summed E-state index contributed by atoms with van der Waals surface area (Å²) in [6, 6.07) is 0.668. The SMILES string of the molecule is CC1CC(C)(C)CCC1NCC(C)(C)CCO. The Hall–Kier alpha value is -0.0800. The van der Waals surface area contributed by atoms with Crippen LogP contribution in [0, 0.1) is 16.7 Å². The van der Waals surface area contributed by atoms with Crippen molar-refractivity contribution in [2.24, 2.45) is 16.7 Å². The second kappa shape index (κ2) is 5.71. The van der Waals surface area contributed by atoms with Crippen LogP contribution in [0.15, 0.2) is 0 Å². The van der Waals surface area contributed by atoms with Crippen molar-refractivity contribution in [3.8, 4) is 0 Å². The summed E-state index contributed by atoms with van der Waals surface area (Å²) in [5.41, 5.74) is 0.736. The lowest BCUT2D eigenvalue weighted by atomic mass is 9.70. The van der Waals surface area contributed by atoms with E-state index in [1.165, 1.54) is 19.3 Å². The molecule has 0 aliphatic heterocycles. The molecule has 0 saturated heterocycles. The minimum atomic E-state index is 0.210. The lowest BCUT2D eigenvalue weighted by Gasteiger charge is -2.41. The van der Waals surface area contributed by atoms with Crippen molar-refractivity contribution in [2.75, 3.05) is 13.2 Å². The average molecular weight is 241 g/mol. The van der Waals surface area contributed by atoms with Crippen LogP contribution in [0.2, 0.25) is 0 Å². The molecule has 2 heteroatoms. The summed E-state index contributed by atoms with van der Waals surface area (Å²) in [5.74, 6) is 0.767. The number of nitrogens with one attached hydrogen (secondary N) is 1. The molecule has 0 aromatic carbocycles. The van der Waals surface area contributed by atoms with Gasteiger partial charge in [-0.1, -0.05) is 34.6 Å². The Morgan fingerprint density at radius 1 is 1.35 bits per heavy atom. The summed E-state index contributed by atoms with van der Waals surface area (Å²) >= 11 is 0. The molecule has 2 atom stereocenters. The van der Waals surface area contributed by atoms with Crippen LogP contribution in [0.25, 0.3) is 0 Å². The minimum Gasteiger partial charge on any atom is -0.396 e. The van der Waals surface area contributed by atoms with Gasteiger partial charge in [-0.15, -0.1) is 0 Å².